The van der Waals surface area contributed by atoms with E-state index in [0.717, 1.165) is 5.56 Å². The third kappa shape index (κ3) is 4.54. The molecule has 1 unspecified atom stereocenters. The monoisotopic (exact) mass is 221 g/mol. The summed E-state index contributed by atoms with van der Waals surface area (Å²) in [5.41, 5.74) is 6.12. The average molecular weight is 221 g/mol. The molecular weight excluding hydrogens is 209 g/mol. The van der Waals surface area contributed by atoms with Gasteiger partial charge < -0.3 is 17.4 Å². The Kier molecular flexibility index (Phi) is 6.59. The molecular formula is C9H12KNO3. The van der Waals surface area contributed by atoms with Crippen LogP contribution in [0.2, 0.25) is 0 Å². The van der Waals surface area contributed by atoms with Crippen LogP contribution in [0.4, 0.5) is 0 Å². The Labute approximate surface area is 126 Å². The number of nitrogens with two attached hydrogens (primary N) is 1. The van der Waals surface area contributed by atoms with Crippen molar-refractivity contribution in [1.82, 2.24) is 0 Å². The topological polar surface area (TPSA) is 83.5 Å². The van der Waals surface area contributed by atoms with E-state index in [1.54, 1.807) is 12.1 Å². The molecule has 0 aliphatic carbocycles. The molecule has 0 heterocycles. The molecule has 4 nitrogen and oxygen atoms in total. The van der Waals surface area contributed by atoms with Gasteiger partial charge in [-0.1, -0.05) is 12.1 Å². The minimum absolute atomic E-state index is 0. The number of aliphatic carboxylic acids is 1. The van der Waals surface area contributed by atoms with Gasteiger partial charge in [0.1, 0.15) is 11.8 Å². The zero-order chi connectivity index (χ0) is 9.84. The molecule has 1 aromatic rings. The quantitative estimate of drug-likeness (QED) is 0.491. The van der Waals surface area contributed by atoms with Gasteiger partial charge in [0.15, 0.2) is 0 Å². The fraction of sp³-hybridized carbons (Fsp3) is 0.222. The molecule has 1 aromatic carbocycles. The molecule has 0 radical (unpaired) electrons. The first-order valence-electron chi connectivity index (χ1n) is 3.86. The second-order valence-electron chi connectivity index (χ2n) is 2.82. The van der Waals surface area contributed by atoms with E-state index in [4.69, 9.17) is 15.9 Å². The summed E-state index contributed by atoms with van der Waals surface area (Å²) in [4.78, 5) is 10.4. The first kappa shape index (κ1) is 14.1. The molecule has 0 aliphatic rings. The van der Waals surface area contributed by atoms with Crippen LogP contribution in [0.3, 0.4) is 0 Å². The Morgan fingerprint density at radius 1 is 1.43 bits per heavy atom. The van der Waals surface area contributed by atoms with Crippen molar-refractivity contribution in [3.63, 3.8) is 0 Å². The summed E-state index contributed by atoms with van der Waals surface area (Å²) in [7, 11) is 0. The minimum Gasteiger partial charge on any atom is -1.00 e. The van der Waals surface area contributed by atoms with Crippen LogP contribution >= 0.6 is 0 Å². The van der Waals surface area contributed by atoms with E-state index in [1.807, 2.05) is 0 Å². The van der Waals surface area contributed by atoms with Gasteiger partial charge >= 0.3 is 57.4 Å². The SMILES string of the molecule is NC(Cc1ccc(O)cc1)C(=O)O.[H-].[K+]. The van der Waals surface area contributed by atoms with Crippen LogP contribution in [-0.2, 0) is 11.2 Å². The van der Waals surface area contributed by atoms with E-state index >= 15 is 0 Å². The second kappa shape index (κ2) is 6.55. The number of aromatic hydroxyl groups is 1. The van der Waals surface area contributed by atoms with Crippen LogP contribution in [0.15, 0.2) is 24.3 Å². The van der Waals surface area contributed by atoms with Gasteiger partial charge in [-0.2, -0.15) is 0 Å². The van der Waals surface area contributed by atoms with Crippen molar-refractivity contribution in [3.8, 4) is 5.75 Å². The molecule has 0 saturated heterocycles. The Hall–Kier alpha value is 0.0864. The summed E-state index contributed by atoms with van der Waals surface area (Å²) < 4.78 is 0. The summed E-state index contributed by atoms with van der Waals surface area (Å²) in [6.45, 7) is 0. The van der Waals surface area contributed by atoms with Crippen molar-refractivity contribution in [2.24, 2.45) is 5.73 Å². The zero-order valence-corrected chi connectivity index (χ0v) is 11.1. The number of phenolic OH excluding ortho intramolecular Hbond substituents is 1. The van der Waals surface area contributed by atoms with Crippen molar-refractivity contribution >= 4 is 5.97 Å². The zero-order valence-electron chi connectivity index (χ0n) is 8.97. The van der Waals surface area contributed by atoms with Gasteiger partial charge in [-0.3, -0.25) is 4.79 Å². The van der Waals surface area contributed by atoms with Crippen LogP contribution < -0.4 is 57.1 Å². The van der Waals surface area contributed by atoms with E-state index in [-0.39, 0.29) is 65.0 Å². The minimum atomic E-state index is -1.02. The maximum absolute atomic E-state index is 10.4. The van der Waals surface area contributed by atoms with E-state index in [2.05, 4.69) is 0 Å². The van der Waals surface area contributed by atoms with E-state index < -0.39 is 12.0 Å². The van der Waals surface area contributed by atoms with Crippen molar-refractivity contribution in [2.75, 3.05) is 0 Å². The van der Waals surface area contributed by atoms with Crippen molar-refractivity contribution in [2.45, 2.75) is 12.5 Å². The van der Waals surface area contributed by atoms with Crippen molar-refractivity contribution in [1.29, 1.82) is 0 Å². The fourth-order valence-electron chi connectivity index (χ4n) is 0.973. The van der Waals surface area contributed by atoms with E-state index in [9.17, 15) is 4.79 Å². The molecule has 1 rings (SSSR count). The van der Waals surface area contributed by atoms with Crippen LogP contribution in [-0.4, -0.2) is 22.2 Å². The van der Waals surface area contributed by atoms with Gasteiger partial charge in [0.05, 0.1) is 0 Å². The summed E-state index contributed by atoms with van der Waals surface area (Å²) in [5.74, 6) is -0.860. The average Bonchev–Trinajstić information content (AvgIpc) is 2.08. The second-order valence-corrected chi connectivity index (χ2v) is 2.82. The van der Waals surface area contributed by atoms with Gasteiger partial charge in [-0.15, -0.1) is 0 Å². The first-order valence-corrected chi connectivity index (χ1v) is 3.86. The Balaban J connectivity index is 0. The van der Waals surface area contributed by atoms with Crippen LogP contribution in [0.25, 0.3) is 0 Å². The van der Waals surface area contributed by atoms with Crippen LogP contribution in [0, 0.1) is 0 Å². The van der Waals surface area contributed by atoms with Gasteiger partial charge in [0.25, 0.3) is 0 Å². The molecule has 0 bridgehead atoms. The largest absolute Gasteiger partial charge is 1.00 e. The third-order valence-electron chi connectivity index (χ3n) is 1.71. The predicted octanol–water partition coefficient (Wildman–Crippen LogP) is -2.54. The molecule has 72 valence electrons. The van der Waals surface area contributed by atoms with Gasteiger partial charge in [-0.05, 0) is 24.1 Å². The van der Waals surface area contributed by atoms with Crippen LogP contribution in [0.1, 0.15) is 6.99 Å². The standard InChI is InChI=1S/C9H11NO3.K.H/c10-8(9(12)13)5-6-1-3-7(11)4-2-6;;/h1-4,8,11H,5,10H2,(H,12,13);;/q;+1;-1. The number of carboxylic acid groups (broad SMARTS) is 1. The molecule has 0 amide bonds. The molecule has 5 heteroatoms. The number of carboxylic acids is 1. The number of hydrogen-bond acceptors (Lipinski definition) is 3. The Morgan fingerprint density at radius 2 is 1.93 bits per heavy atom. The Morgan fingerprint density at radius 3 is 2.36 bits per heavy atom. The third-order valence-corrected chi connectivity index (χ3v) is 1.71. The number of carbonyl (C=O) groups is 1. The van der Waals surface area contributed by atoms with Crippen molar-refractivity contribution in [3.05, 3.63) is 29.8 Å². The molecule has 0 saturated carbocycles. The summed E-state index contributed by atoms with van der Waals surface area (Å²) in [6.07, 6.45) is 0.273. The van der Waals surface area contributed by atoms with Gasteiger partial charge in [0, 0.05) is 0 Å². The molecule has 0 aliphatic heterocycles. The van der Waals surface area contributed by atoms with Gasteiger partial charge in [-0.25, -0.2) is 0 Å². The van der Waals surface area contributed by atoms with Crippen molar-refractivity contribution < 1.29 is 67.8 Å². The normalized spacial score (nSPS) is 11.5. The van der Waals surface area contributed by atoms with Gasteiger partial charge in [0.2, 0.25) is 0 Å². The Bertz CT molecular complexity index is 305. The molecule has 1 atom stereocenters. The molecule has 14 heavy (non-hydrogen) atoms. The predicted molar refractivity (Wildman–Crippen MR) is 48.5 cm³/mol. The summed E-state index contributed by atoms with van der Waals surface area (Å²) in [6, 6.07) is 5.42. The maximum atomic E-state index is 10.4. The van der Waals surface area contributed by atoms with E-state index in [0.29, 0.717) is 0 Å². The number of hydrogen-bond donors (Lipinski definition) is 3. The number of benzene rings is 1. The molecule has 0 aromatic heterocycles. The maximum Gasteiger partial charge on any atom is 1.00 e. The first-order chi connectivity index (χ1) is 6.09. The fourth-order valence-corrected chi connectivity index (χ4v) is 0.973. The summed E-state index contributed by atoms with van der Waals surface area (Å²) >= 11 is 0. The smallest absolute Gasteiger partial charge is 1.00 e. The molecule has 0 fully saturated rings. The molecule has 0 spiro atoms. The van der Waals surface area contributed by atoms with E-state index in [1.165, 1.54) is 12.1 Å². The van der Waals surface area contributed by atoms with Crippen LogP contribution in [0.5, 0.6) is 5.75 Å². The number of phenols is 1. The molecule has 4 N–H and O–H groups in total. The number of rotatable bonds is 3. The summed E-state index contributed by atoms with van der Waals surface area (Å²) in [5, 5.41) is 17.5.